The van der Waals surface area contributed by atoms with Gasteiger partial charge in [-0.1, -0.05) is 32.4 Å². The van der Waals surface area contributed by atoms with Gasteiger partial charge in [0.05, 0.1) is 0 Å². The molecule has 6 nitrogen and oxygen atoms in total. The van der Waals surface area contributed by atoms with Gasteiger partial charge in [0.25, 0.3) is 5.91 Å². The van der Waals surface area contributed by atoms with Crippen molar-refractivity contribution in [1.82, 2.24) is 9.80 Å². The number of nitrogens with zero attached hydrogens (tertiary/aromatic N) is 2. The van der Waals surface area contributed by atoms with Gasteiger partial charge in [-0.15, -0.1) is 0 Å². The highest BCUT2D eigenvalue weighted by Gasteiger charge is 2.39. The molecular weight excluding hydrogens is 356 g/mol. The van der Waals surface area contributed by atoms with Gasteiger partial charge in [-0.3, -0.25) is 9.59 Å². The SMILES string of the molecule is CC(C)(C)OC(=O)C1CCCN1C(=O)CN1CC2=C(C=CCC2)C1=O.CCC. The monoisotopic (exact) mass is 390 g/mol. The molecule has 2 amide bonds. The third-order valence-electron chi connectivity index (χ3n) is 4.76. The van der Waals surface area contributed by atoms with E-state index in [-0.39, 0.29) is 24.3 Å². The second-order valence-corrected chi connectivity index (χ2v) is 8.61. The lowest BCUT2D eigenvalue weighted by Gasteiger charge is -2.28. The van der Waals surface area contributed by atoms with Gasteiger partial charge in [0, 0.05) is 18.7 Å². The van der Waals surface area contributed by atoms with Gasteiger partial charge in [0.2, 0.25) is 5.91 Å². The predicted molar refractivity (Wildman–Crippen MR) is 109 cm³/mol. The van der Waals surface area contributed by atoms with Crippen LogP contribution in [0.4, 0.5) is 0 Å². The van der Waals surface area contributed by atoms with E-state index in [1.165, 1.54) is 6.42 Å². The Labute approximate surface area is 168 Å². The Hall–Kier alpha value is -2.11. The number of esters is 1. The largest absolute Gasteiger partial charge is 0.458 e. The second kappa shape index (κ2) is 9.39. The molecule has 0 N–H and O–H groups in total. The lowest BCUT2D eigenvalue weighted by atomic mass is 10.0. The first-order chi connectivity index (χ1) is 13.2. The molecule has 3 aliphatic rings. The topological polar surface area (TPSA) is 66.9 Å². The molecule has 2 heterocycles. The molecule has 6 heteroatoms. The Bertz CT molecular complexity index is 673. The summed E-state index contributed by atoms with van der Waals surface area (Å²) in [6.07, 6.45) is 8.34. The number of ether oxygens (including phenoxy) is 1. The molecular formula is C22H34N2O4. The van der Waals surface area contributed by atoms with Crippen molar-refractivity contribution in [3.05, 3.63) is 23.3 Å². The molecule has 3 rings (SSSR count). The van der Waals surface area contributed by atoms with Crippen molar-refractivity contribution >= 4 is 17.8 Å². The minimum Gasteiger partial charge on any atom is -0.458 e. The van der Waals surface area contributed by atoms with E-state index in [9.17, 15) is 14.4 Å². The minimum absolute atomic E-state index is 0.0268. The Morgan fingerprint density at radius 2 is 1.93 bits per heavy atom. The van der Waals surface area contributed by atoms with Crippen LogP contribution in [-0.2, 0) is 19.1 Å². The van der Waals surface area contributed by atoms with Crippen LogP contribution in [-0.4, -0.2) is 58.9 Å². The minimum atomic E-state index is -0.575. The standard InChI is InChI=1S/C19H26N2O4.C3H8/c1-19(2,3)25-18(24)15-9-6-10-21(15)16(22)12-20-11-13-7-4-5-8-14(13)17(20)23;1-3-2/h5,8,15H,4,6-7,9-12H2,1-3H3;3H2,1-2H3. The molecule has 1 fully saturated rings. The number of carbonyl (C=O) groups is 3. The average molecular weight is 391 g/mol. The zero-order chi connectivity index (χ0) is 20.9. The van der Waals surface area contributed by atoms with Crippen LogP contribution in [0, 0.1) is 0 Å². The van der Waals surface area contributed by atoms with Gasteiger partial charge in [-0.05, 0) is 52.0 Å². The lowest BCUT2D eigenvalue weighted by Crippen LogP contribution is -2.47. The predicted octanol–water partition coefficient (Wildman–Crippen LogP) is 3.22. The van der Waals surface area contributed by atoms with E-state index in [0.717, 1.165) is 30.4 Å². The quantitative estimate of drug-likeness (QED) is 0.694. The maximum atomic E-state index is 12.7. The van der Waals surface area contributed by atoms with Crippen molar-refractivity contribution in [3.63, 3.8) is 0 Å². The zero-order valence-electron chi connectivity index (χ0n) is 17.9. The molecule has 0 saturated carbocycles. The molecule has 1 aliphatic carbocycles. The summed E-state index contributed by atoms with van der Waals surface area (Å²) >= 11 is 0. The first kappa shape index (κ1) is 22.2. The molecule has 2 aliphatic heterocycles. The van der Waals surface area contributed by atoms with E-state index in [1.54, 1.807) is 9.80 Å². The number of amides is 2. The van der Waals surface area contributed by atoms with Gasteiger partial charge < -0.3 is 14.5 Å². The van der Waals surface area contributed by atoms with E-state index in [0.29, 0.717) is 19.5 Å². The summed E-state index contributed by atoms with van der Waals surface area (Å²) in [5.41, 5.74) is 1.28. The molecule has 1 unspecified atom stereocenters. The number of carbonyl (C=O) groups excluding carboxylic acids is 3. The Balaban J connectivity index is 0.000000878. The number of likely N-dealkylation sites (tertiary alicyclic amines) is 1. The van der Waals surface area contributed by atoms with Crippen LogP contribution < -0.4 is 0 Å². The Kier molecular flexibility index (Phi) is 7.44. The molecule has 1 saturated heterocycles. The third-order valence-corrected chi connectivity index (χ3v) is 4.76. The summed E-state index contributed by atoms with van der Waals surface area (Å²) in [5.74, 6) is -0.607. The van der Waals surface area contributed by atoms with Gasteiger partial charge in [-0.2, -0.15) is 0 Å². The van der Waals surface area contributed by atoms with E-state index in [1.807, 2.05) is 32.9 Å². The van der Waals surface area contributed by atoms with Crippen molar-refractivity contribution in [2.45, 2.75) is 78.4 Å². The van der Waals surface area contributed by atoms with Crippen LogP contribution in [0.5, 0.6) is 0 Å². The maximum absolute atomic E-state index is 12.7. The number of hydrogen-bond acceptors (Lipinski definition) is 4. The first-order valence-corrected chi connectivity index (χ1v) is 10.4. The summed E-state index contributed by atoms with van der Waals surface area (Å²) in [6, 6.07) is -0.535. The van der Waals surface area contributed by atoms with Gasteiger partial charge in [0.1, 0.15) is 18.2 Å². The van der Waals surface area contributed by atoms with Crippen LogP contribution in [0.15, 0.2) is 23.3 Å². The van der Waals surface area contributed by atoms with Crippen molar-refractivity contribution in [2.24, 2.45) is 0 Å². The smallest absolute Gasteiger partial charge is 0.329 e. The summed E-state index contributed by atoms with van der Waals surface area (Å²) in [5, 5.41) is 0. The molecule has 0 aromatic heterocycles. The number of allylic oxidation sites excluding steroid dienone is 1. The van der Waals surface area contributed by atoms with Gasteiger partial charge >= 0.3 is 5.97 Å². The average Bonchev–Trinajstić information content (AvgIpc) is 3.20. The summed E-state index contributed by atoms with van der Waals surface area (Å²) in [6.45, 7) is 10.8. The fourth-order valence-corrected chi connectivity index (χ4v) is 3.63. The van der Waals surface area contributed by atoms with Crippen LogP contribution in [0.1, 0.15) is 66.7 Å². The van der Waals surface area contributed by atoms with Gasteiger partial charge in [0.15, 0.2) is 0 Å². The van der Waals surface area contributed by atoms with E-state index < -0.39 is 11.6 Å². The molecule has 0 aromatic rings. The fraction of sp³-hybridized carbons (Fsp3) is 0.682. The van der Waals surface area contributed by atoms with Crippen molar-refractivity contribution in [2.75, 3.05) is 19.6 Å². The first-order valence-electron chi connectivity index (χ1n) is 10.4. The Morgan fingerprint density at radius 3 is 2.54 bits per heavy atom. The third kappa shape index (κ3) is 5.46. The zero-order valence-corrected chi connectivity index (χ0v) is 17.9. The lowest BCUT2D eigenvalue weighted by molar-refractivity contribution is -0.163. The second-order valence-electron chi connectivity index (χ2n) is 8.61. The van der Waals surface area contributed by atoms with Crippen LogP contribution in [0.25, 0.3) is 0 Å². The van der Waals surface area contributed by atoms with E-state index in [4.69, 9.17) is 4.74 Å². The highest BCUT2D eigenvalue weighted by Crippen LogP contribution is 2.28. The summed E-state index contributed by atoms with van der Waals surface area (Å²) < 4.78 is 5.44. The summed E-state index contributed by atoms with van der Waals surface area (Å²) in [4.78, 5) is 40.7. The molecule has 0 bridgehead atoms. The molecule has 28 heavy (non-hydrogen) atoms. The summed E-state index contributed by atoms with van der Waals surface area (Å²) in [7, 11) is 0. The van der Waals surface area contributed by atoms with Crippen molar-refractivity contribution in [3.8, 4) is 0 Å². The van der Waals surface area contributed by atoms with Crippen LogP contribution >= 0.6 is 0 Å². The molecule has 0 aromatic carbocycles. The van der Waals surface area contributed by atoms with Crippen LogP contribution in [0.2, 0.25) is 0 Å². The normalized spacial score (nSPS) is 21.5. The van der Waals surface area contributed by atoms with E-state index in [2.05, 4.69) is 13.8 Å². The van der Waals surface area contributed by atoms with Crippen LogP contribution in [0.3, 0.4) is 0 Å². The maximum Gasteiger partial charge on any atom is 0.329 e. The number of rotatable bonds is 3. The molecule has 0 radical (unpaired) electrons. The highest BCUT2D eigenvalue weighted by atomic mass is 16.6. The van der Waals surface area contributed by atoms with Crippen molar-refractivity contribution < 1.29 is 19.1 Å². The molecule has 156 valence electrons. The van der Waals surface area contributed by atoms with Gasteiger partial charge in [-0.25, -0.2) is 4.79 Å². The highest BCUT2D eigenvalue weighted by molar-refractivity contribution is 6.02. The van der Waals surface area contributed by atoms with E-state index >= 15 is 0 Å². The fourth-order valence-electron chi connectivity index (χ4n) is 3.63. The van der Waals surface area contributed by atoms with Crippen molar-refractivity contribution in [1.29, 1.82) is 0 Å². The molecule has 1 atom stereocenters. The number of hydrogen-bond donors (Lipinski definition) is 0. The molecule has 0 spiro atoms. The Morgan fingerprint density at radius 1 is 1.25 bits per heavy atom.